The summed E-state index contributed by atoms with van der Waals surface area (Å²) in [6.45, 7) is 3.95. The number of carboxylic acid groups (broad SMARTS) is 1. The predicted octanol–water partition coefficient (Wildman–Crippen LogP) is 2.25. The zero-order valence-electron chi connectivity index (χ0n) is 6.54. The molecule has 0 amide bonds. The Morgan fingerprint density at radius 2 is 2.18 bits per heavy atom. The molecule has 0 aromatic carbocycles. The third-order valence-corrected chi connectivity index (χ3v) is 2.76. The first kappa shape index (κ1) is 8.78. The van der Waals surface area contributed by atoms with Gasteiger partial charge >= 0.3 is 5.97 Å². The Kier molecular flexibility index (Phi) is 2.10. The van der Waals surface area contributed by atoms with Crippen molar-refractivity contribution in [2.75, 3.05) is 0 Å². The zero-order chi connectivity index (χ0) is 8.65. The first-order valence-electron chi connectivity index (χ1n) is 3.51. The molecule has 0 aliphatic heterocycles. The molecule has 1 fully saturated rings. The Morgan fingerprint density at radius 1 is 1.64 bits per heavy atom. The van der Waals surface area contributed by atoms with Crippen molar-refractivity contribution in [1.82, 2.24) is 0 Å². The van der Waals surface area contributed by atoms with E-state index in [9.17, 15) is 4.79 Å². The van der Waals surface area contributed by atoms with E-state index < -0.39 is 5.97 Å². The summed E-state index contributed by atoms with van der Waals surface area (Å²) in [6.07, 6.45) is 1.90. The second-order valence-corrected chi connectivity index (χ2v) is 4.01. The Hall–Kier alpha value is -0.310. The Balaban J connectivity index is 2.68. The minimum atomic E-state index is -0.689. The van der Waals surface area contributed by atoms with E-state index in [0.29, 0.717) is 0 Å². The van der Waals surface area contributed by atoms with Gasteiger partial charge in [0.15, 0.2) is 0 Å². The van der Waals surface area contributed by atoms with E-state index in [1.165, 1.54) is 0 Å². The highest BCUT2D eigenvalue weighted by Gasteiger charge is 2.60. The summed E-state index contributed by atoms with van der Waals surface area (Å²) in [5.74, 6) is -0.693. The largest absolute Gasteiger partial charge is 0.481 e. The fourth-order valence-corrected chi connectivity index (χ4v) is 1.92. The van der Waals surface area contributed by atoms with Gasteiger partial charge in [0, 0.05) is 0 Å². The average molecular weight is 219 g/mol. The molecule has 1 aliphatic carbocycles. The van der Waals surface area contributed by atoms with Gasteiger partial charge in [0.25, 0.3) is 0 Å². The summed E-state index contributed by atoms with van der Waals surface area (Å²) in [5, 5.41) is 8.74. The van der Waals surface area contributed by atoms with Gasteiger partial charge in [-0.05, 0) is 16.3 Å². The molecule has 62 valence electrons. The van der Waals surface area contributed by atoms with E-state index in [1.54, 1.807) is 4.99 Å². The third-order valence-electron chi connectivity index (χ3n) is 2.46. The fraction of sp³-hybridized carbons (Fsp3) is 0.625. The van der Waals surface area contributed by atoms with Crippen LogP contribution in [-0.2, 0) is 4.79 Å². The highest BCUT2D eigenvalue weighted by atomic mass is 79.9. The van der Waals surface area contributed by atoms with E-state index >= 15 is 0 Å². The number of rotatable bonds is 2. The maximum Gasteiger partial charge on any atom is 0.307 e. The normalized spacial score (nSPS) is 34.1. The molecular weight excluding hydrogens is 208 g/mol. The predicted molar refractivity (Wildman–Crippen MR) is 46.5 cm³/mol. The molecule has 1 rings (SSSR count). The van der Waals surface area contributed by atoms with Gasteiger partial charge in [0.05, 0.1) is 5.92 Å². The lowest BCUT2D eigenvalue weighted by atomic mass is 10.1. The second kappa shape index (κ2) is 2.63. The van der Waals surface area contributed by atoms with Gasteiger partial charge in [-0.3, -0.25) is 4.79 Å². The molecule has 0 saturated heterocycles. The maximum absolute atomic E-state index is 10.6. The Labute approximate surface area is 74.4 Å². The average Bonchev–Trinajstić information content (AvgIpc) is 2.35. The van der Waals surface area contributed by atoms with Crippen LogP contribution in [0.15, 0.2) is 11.1 Å². The van der Waals surface area contributed by atoms with Gasteiger partial charge < -0.3 is 5.11 Å². The quantitative estimate of drug-likeness (QED) is 0.773. The van der Waals surface area contributed by atoms with Gasteiger partial charge in [-0.25, -0.2) is 0 Å². The van der Waals surface area contributed by atoms with Crippen LogP contribution in [0.2, 0.25) is 0 Å². The molecule has 0 aromatic heterocycles. The maximum atomic E-state index is 10.6. The van der Waals surface area contributed by atoms with Crippen molar-refractivity contribution in [2.24, 2.45) is 17.3 Å². The van der Waals surface area contributed by atoms with E-state index in [0.717, 1.165) is 0 Å². The van der Waals surface area contributed by atoms with Crippen LogP contribution in [0.25, 0.3) is 0 Å². The third kappa shape index (κ3) is 1.34. The number of allylic oxidation sites excluding steroid dienone is 1. The number of hydrogen-bond donors (Lipinski definition) is 1. The molecule has 11 heavy (non-hydrogen) atoms. The minimum Gasteiger partial charge on any atom is -0.481 e. The standard InChI is InChI=1S/C8H11BrO2/c1-8(2)5(3-4-9)6(8)7(10)11/h3-6H,1-2H3,(H,10,11)/b4-3-/t5-,6-/m1/s1. The van der Waals surface area contributed by atoms with Gasteiger partial charge in [0.2, 0.25) is 0 Å². The molecule has 0 heterocycles. The monoisotopic (exact) mass is 218 g/mol. The number of aliphatic carboxylic acids is 1. The lowest BCUT2D eigenvalue weighted by Gasteiger charge is -1.95. The molecule has 0 radical (unpaired) electrons. The highest BCUT2D eigenvalue weighted by molar-refractivity contribution is 9.11. The van der Waals surface area contributed by atoms with Crippen molar-refractivity contribution < 1.29 is 9.90 Å². The fourth-order valence-electron chi connectivity index (χ4n) is 1.59. The van der Waals surface area contributed by atoms with Crippen molar-refractivity contribution in [2.45, 2.75) is 13.8 Å². The zero-order valence-corrected chi connectivity index (χ0v) is 8.13. The molecular formula is C8H11BrO2. The molecule has 1 N–H and O–H groups in total. The summed E-state index contributed by atoms with van der Waals surface area (Å²) < 4.78 is 0. The molecule has 0 unspecified atom stereocenters. The second-order valence-electron chi connectivity index (χ2n) is 3.48. The van der Waals surface area contributed by atoms with Crippen LogP contribution >= 0.6 is 15.9 Å². The highest BCUT2D eigenvalue weighted by Crippen LogP contribution is 2.59. The topological polar surface area (TPSA) is 37.3 Å². The molecule has 0 bridgehead atoms. The lowest BCUT2D eigenvalue weighted by Crippen LogP contribution is -2.02. The lowest BCUT2D eigenvalue weighted by molar-refractivity contribution is -0.139. The molecule has 0 spiro atoms. The van der Waals surface area contributed by atoms with Crippen LogP contribution in [0, 0.1) is 17.3 Å². The molecule has 1 saturated carbocycles. The van der Waals surface area contributed by atoms with Crippen LogP contribution < -0.4 is 0 Å². The molecule has 3 heteroatoms. The van der Waals surface area contributed by atoms with E-state index in [4.69, 9.17) is 5.11 Å². The molecule has 2 atom stereocenters. The summed E-state index contributed by atoms with van der Waals surface area (Å²) in [7, 11) is 0. The van der Waals surface area contributed by atoms with Crippen molar-refractivity contribution in [3.63, 3.8) is 0 Å². The number of carboxylic acids is 1. The van der Waals surface area contributed by atoms with Crippen LogP contribution in [0.3, 0.4) is 0 Å². The van der Waals surface area contributed by atoms with Crippen LogP contribution in [0.4, 0.5) is 0 Å². The van der Waals surface area contributed by atoms with Crippen LogP contribution in [0.1, 0.15) is 13.8 Å². The van der Waals surface area contributed by atoms with E-state index in [-0.39, 0.29) is 17.3 Å². The summed E-state index contributed by atoms with van der Waals surface area (Å²) >= 11 is 3.14. The minimum absolute atomic E-state index is 0.0594. The van der Waals surface area contributed by atoms with E-state index in [2.05, 4.69) is 15.9 Å². The van der Waals surface area contributed by atoms with Crippen molar-refractivity contribution in [1.29, 1.82) is 0 Å². The Morgan fingerprint density at radius 3 is 2.45 bits per heavy atom. The molecule has 2 nitrogen and oxygen atoms in total. The van der Waals surface area contributed by atoms with Gasteiger partial charge in [-0.1, -0.05) is 35.9 Å². The molecule has 0 aromatic rings. The summed E-state index contributed by atoms with van der Waals surface area (Å²) in [6, 6.07) is 0. The van der Waals surface area contributed by atoms with Crippen molar-refractivity contribution >= 4 is 21.9 Å². The first-order chi connectivity index (χ1) is 5.01. The number of halogens is 1. The van der Waals surface area contributed by atoms with Gasteiger partial charge in [-0.2, -0.15) is 0 Å². The smallest absolute Gasteiger partial charge is 0.307 e. The van der Waals surface area contributed by atoms with Gasteiger partial charge in [0.1, 0.15) is 0 Å². The van der Waals surface area contributed by atoms with Crippen molar-refractivity contribution in [3.05, 3.63) is 11.1 Å². The van der Waals surface area contributed by atoms with Crippen LogP contribution in [0.5, 0.6) is 0 Å². The van der Waals surface area contributed by atoms with E-state index in [1.807, 2.05) is 19.9 Å². The number of hydrogen-bond acceptors (Lipinski definition) is 1. The SMILES string of the molecule is CC1(C)[C@H](/C=C\Br)[C@@H]1C(=O)O. The van der Waals surface area contributed by atoms with Crippen molar-refractivity contribution in [3.8, 4) is 0 Å². The summed E-state index contributed by atoms with van der Waals surface area (Å²) in [4.78, 5) is 12.4. The Bertz CT molecular complexity index is 208. The first-order valence-corrected chi connectivity index (χ1v) is 4.43. The van der Waals surface area contributed by atoms with Crippen LogP contribution in [-0.4, -0.2) is 11.1 Å². The number of carbonyl (C=O) groups is 1. The summed E-state index contributed by atoms with van der Waals surface area (Å²) in [5.41, 5.74) is -0.0594. The van der Waals surface area contributed by atoms with Gasteiger partial charge in [-0.15, -0.1) is 0 Å². The molecule has 1 aliphatic rings.